The number of carbonyl (C=O) groups excluding carboxylic acids is 1. The molecular weight excluding hydrogens is 230 g/mol. The van der Waals surface area contributed by atoms with E-state index in [9.17, 15) is 4.79 Å². The molecule has 2 fully saturated rings. The van der Waals surface area contributed by atoms with Gasteiger partial charge in [0.1, 0.15) is 5.60 Å². The van der Waals surface area contributed by atoms with Gasteiger partial charge in [-0.05, 0) is 46.5 Å². The highest BCUT2D eigenvalue weighted by Crippen LogP contribution is 2.25. The molecule has 0 radical (unpaired) electrons. The van der Waals surface area contributed by atoms with Crippen LogP contribution in [0.1, 0.15) is 46.5 Å². The van der Waals surface area contributed by atoms with Crippen LogP contribution in [0.2, 0.25) is 0 Å². The zero-order valence-corrected chi connectivity index (χ0v) is 11.5. The molecule has 2 saturated carbocycles. The van der Waals surface area contributed by atoms with Crippen molar-refractivity contribution in [2.24, 2.45) is 5.73 Å². The van der Waals surface area contributed by atoms with E-state index >= 15 is 0 Å². The van der Waals surface area contributed by atoms with Crippen LogP contribution in [-0.2, 0) is 4.74 Å². The van der Waals surface area contributed by atoms with Crippen LogP contribution in [0.4, 0.5) is 4.79 Å². The van der Waals surface area contributed by atoms with E-state index in [1.807, 2.05) is 20.8 Å². The number of amides is 1. The van der Waals surface area contributed by atoms with E-state index in [0.717, 1.165) is 25.7 Å². The van der Waals surface area contributed by atoms with Crippen LogP contribution in [0.25, 0.3) is 0 Å². The van der Waals surface area contributed by atoms with Gasteiger partial charge in [0.2, 0.25) is 0 Å². The molecule has 0 aliphatic heterocycles. The molecule has 0 atom stereocenters. The maximum Gasteiger partial charge on any atom is 0.407 e. The minimum atomic E-state index is -0.423. The average molecular weight is 255 g/mol. The molecule has 0 aromatic rings. The molecule has 2 aliphatic rings. The molecular formula is C13H25N3O2. The topological polar surface area (TPSA) is 76.4 Å². The van der Waals surface area contributed by atoms with Gasteiger partial charge in [-0.3, -0.25) is 0 Å². The van der Waals surface area contributed by atoms with E-state index in [4.69, 9.17) is 10.5 Å². The Bertz CT molecular complexity index is 302. The normalized spacial score (nSPS) is 35.3. The van der Waals surface area contributed by atoms with Crippen molar-refractivity contribution in [2.75, 3.05) is 0 Å². The fourth-order valence-corrected chi connectivity index (χ4v) is 2.48. The van der Waals surface area contributed by atoms with Gasteiger partial charge in [-0.2, -0.15) is 0 Å². The number of nitrogens with two attached hydrogens (primary N) is 1. The lowest BCUT2D eigenvalue weighted by Gasteiger charge is -2.42. The molecule has 0 saturated heterocycles. The fraction of sp³-hybridized carbons (Fsp3) is 0.923. The zero-order valence-electron chi connectivity index (χ0n) is 11.5. The minimum absolute atomic E-state index is 0.256. The molecule has 104 valence electrons. The Hall–Kier alpha value is -0.810. The maximum absolute atomic E-state index is 11.5. The molecule has 5 nitrogen and oxygen atoms in total. The molecule has 0 bridgehead atoms. The van der Waals surface area contributed by atoms with Gasteiger partial charge in [-0.25, -0.2) is 4.79 Å². The standard InChI is InChI=1S/C13H25N3O2/c1-13(2,3)18-12(17)16-11-6-10(7-11)15-9-4-8(14)5-9/h8-11,15H,4-7,14H2,1-3H3,(H,16,17). The predicted octanol–water partition coefficient (Wildman–Crippen LogP) is 1.12. The number of nitrogens with one attached hydrogen (secondary N) is 2. The molecule has 0 aromatic heterocycles. The highest BCUT2D eigenvalue weighted by atomic mass is 16.6. The fourth-order valence-electron chi connectivity index (χ4n) is 2.48. The number of rotatable bonds is 3. The summed E-state index contributed by atoms with van der Waals surface area (Å²) < 4.78 is 5.22. The van der Waals surface area contributed by atoms with Gasteiger partial charge in [0, 0.05) is 24.2 Å². The maximum atomic E-state index is 11.5. The van der Waals surface area contributed by atoms with Crippen molar-refractivity contribution in [2.45, 2.75) is 76.2 Å². The van der Waals surface area contributed by atoms with E-state index in [0.29, 0.717) is 18.1 Å². The molecule has 5 heteroatoms. The van der Waals surface area contributed by atoms with E-state index in [-0.39, 0.29) is 12.1 Å². The number of ether oxygens (including phenoxy) is 1. The van der Waals surface area contributed by atoms with Crippen molar-refractivity contribution in [1.29, 1.82) is 0 Å². The molecule has 2 rings (SSSR count). The summed E-state index contributed by atoms with van der Waals surface area (Å²) in [5, 5.41) is 6.46. The second-order valence-corrected chi connectivity index (χ2v) is 6.61. The number of hydrogen-bond donors (Lipinski definition) is 3. The van der Waals surface area contributed by atoms with Crippen LogP contribution >= 0.6 is 0 Å². The Labute approximate surface area is 109 Å². The Morgan fingerprint density at radius 2 is 1.67 bits per heavy atom. The summed E-state index contributed by atoms with van der Waals surface area (Å²) in [6.07, 6.45) is 3.84. The van der Waals surface area contributed by atoms with Crippen molar-refractivity contribution in [1.82, 2.24) is 10.6 Å². The van der Waals surface area contributed by atoms with Crippen LogP contribution < -0.4 is 16.4 Å². The smallest absolute Gasteiger partial charge is 0.407 e. The number of carbonyl (C=O) groups is 1. The van der Waals surface area contributed by atoms with Gasteiger partial charge in [-0.15, -0.1) is 0 Å². The lowest BCUT2D eigenvalue weighted by molar-refractivity contribution is 0.0459. The molecule has 18 heavy (non-hydrogen) atoms. The van der Waals surface area contributed by atoms with Crippen LogP contribution in [0.5, 0.6) is 0 Å². The van der Waals surface area contributed by atoms with E-state index in [1.165, 1.54) is 0 Å². The highest BCUT2D eigenvalue weighted by molar-refractivity contribution is 5.68. The lowest BCUT2D eigenvalue weighted by Crippen LogP contribution is -2.59. The minimum Gasteiger partial charge on any atom is -0.444 e. The quantitative estimate of drug-likeness (QED) is 0.706. The van der Waals surface area contributed by atoms with Crippen LogP contribution in [0.3, 0.4) is 0 Å². The number of alkyl carbamates (subject to hydrolysis) is 1. The second-order valence-electron chi connectivity index (χ2n) is 6.61. The van der Waals surface area contributed by atoms with Gasteiger partial charge < -0.3 is 21.1 Å². The van der Waals surface area contributed by atoms with E-state index in [2.05, 4.69) is 10.6 Å². The first-order valence-corrected chi connectivity index (χ1v) is 6.83. The molecule has 2 aliphatic carbocycles. The van der Waals surface area contributed by atoms with E-state index < -0.39 is 5.60 Å². The summed E-state index contributed by atoms with van der Waals surface area (Å²) in [7, 11) is 0. The van der Waals surface area contributed by atoms with Crippen LogP contribution in [-0.4, -0.2) is 35.9 Å². The van der Waals surface area contributed by atoms with Gasteiger partial charge in [0.25, 0.3) is 0 Å². The van der Waals surface area contributed by atoms with Crippen LogP contribution in [0, 0.1) is 0 Å². The average Bonchev–Trinajstić information content (AvgIpc) is 2.08. The first kappa shape index (κ1) is 13.6. The van der Waals surface area contributed by atoms with Crippen molar-refractivity contribution in [3.63, 3.8) is 0 Å². The summed E-state index contributed by atoms with van der Waals surface area (Å²) in [5.41, 5.74) is 5.32. The van der Waals surface area contributed by atoms with Crippen molar-refractivity contribution in [3.05, 3.63) is 0 Å². The lowest BCUT2D eigenvalue weighted by atomic mass is 9.82. The Kier molecular flexibility index (Phi) is 3.82. The Balaban J connectivity index is 1.57. The van der Waals surface area contributed by atoms with Crippen molar-refractivity contribution < 1.29 is 9.53 Å². The summed E-state index contributed by atoms with van der Waals surface area (Å²) in [4.78, 5) is 11.5. The molecule has 0 aromatic carbocycles. The van der Waals surface area contributed by atoms with Gasteiger partial charge in [-0.1, -0.05) is 0 Å². The second kappa shape index (κ2) is 5.05. The molecule has 1 amide bonds. The first-order valence-electron chi connectivity index (χ1n) is 6.83. The summed E-state index contributed by atoms with van der Waals surface area (Å²) >= 11 is 0. The van der Waals surface area contributed by atoms with Crippen molar-refractivity contribution >= 4 is 6.09 Å². The summed E-state index contributed by atoms with van der Waals surface area (Å²) in [6, 6.07) is 1.76. The monoisotopic (exact) mass is 255 g/mol. The number of hydrogen-bond acceptors (Lipinski definition) is 4. The molecule has 0 spiro atoms. The molecule has 0 heterocycles. The summed E-state index contributed by atoms with van der Waals surface area (Å²) in [6.45, 7) is 5.62. The third-order valence-electron chi connectivity index (χ3n) is 3.50. The molecule has 0 unspecified atom stereocenters. The van der Waals surface area contributed by atoms with E-state index in [1.54, 1.807) is 0 Å². The van der Waals surface area contributed by atoms with Gasteiger partial charge >= 0.3 is 6.09 Å². The first-order chi connectivity index (χ1) is 8.32. The zero-order chi connectivity index (χ0) is 13.3. The highest BCUT2D eigenvalue weighted by Gasteiger charge is 2.35. The van der Waals surface area contributed by atoms with Gasteiger partial charge in [0.05, 0.1) is 0 Å². The predicted molar refractivity (Wildman–Crippen MR) is 70.3 cm³/mol. The Morgan fingerprint density at radius 3 is 2.17 bits per heavy atom. The third kappa shape index (κ3) is 3.85. The van der Waals surface area contributed by atoms with Gasteiger partial charge in [0.15, 0.2) is 0 Å². The largest absolute Gasteiger partial charge is 0.444 e. The van der Waals surface area contributed by atoms with Crippen LogP contribution in [0.15, 0.2) is 0 Å². The Morgan fingerprint density at radius 1 is 1.11 bits per heavy atom. The third-order valence-corrected chi connectivity index (χ3v) is 3.50. The SMILES string of the molecule is CC(C)(C)OC(=O)NC1CC(NC2CC(N)C2)C1. The van der Waals surface area contributed by atoms with Crippen molar-refractivity contribution in [3.8, 4) is 0 Å². The summed E-state index contributed by atoms with van der Waals surface area (Å²) in [5.74, 6) is 0. The molecule has 4 N–H and O–H groups in total.